The Morgan fingerprint density at radius 2 is 1.79 bits per heavy atom. The van der Waals surface area contributed by atoms with E-state index in [1.807, 2.05) is 18.2 Å². The van der Waals surface area contributed by atoms with Crippen molar-refractivity contribution in [1.82, 2.24) is 4.90 Å². The van der Waals surface area contributed by atoms with E-state index in [1.165, 1.54) is 58.3 Å². The van der Waals surface area contributed by atoms with Crippen LogP contribution in [-0.4, -0.2) is 11.6 Å². The Kier molecular flexibility index (Phi) is 7.10. The molecule has 0 N–H and O–H groups in total. The van der Waals surface area contributed by atoms with Gasteiger partial charge in [0, 0.05) is 44.5 Å². The van der Waals surface area contributed by atoms with Crippen LogP contribution in [0.25, 0.3) is 0 Å². The molecule has 2 heteroatoms. The van der Waals surface area contributed by atoms with Crippen LogP contribution < -0.4 is 4.74 Å². The van der Waals surface area contributed by atoms with Crippen LogP contribution >= 0.6 is 0 Å². The van der Waals surface area contributed by atoms with Gasteiger partial charge < -0.3 is 9.64 Å². The first kappa shape index (κ1) is 24.6. The van der Waals surface area contributed by atoms with Crippen molar-refractivity contribution in [2.24, 2.45) is 11.8 Å². The summed E-state index contributed by atoms with van der Waals surface area (Å²) in [7, 11) is 0. The number of allylic oxidation sites excluding steroid dienone is 4. The number of rotatable bonds is 3. The Hall–Kier alpha value is -3.70. The van der Waals surface area contributed by atoms with E-state index in [2.05, 4.69) is 97.3 Å². The van der Waals surface area contributed by atoms with E-state index in [1.54, 1.807) is 0 Å². The van der Waals surface area contributed by atoms with Crippen molar-refractivity contribution in [1.29, 1.82) is 0 Å². The number of hydrogen-bond acceptors (Lipinski definition) is 2. The van der Waals surface area contributed by atoms with Crippen LogP contribution in [0.4, 0.5) is 0 Å². The monoisotopic (exact) mass is 503 g/mol. The third-order valence-corrected chi connectivity index (χ3v) is 8.32. The Labute approximate surface area is 231 Å². The number of aryl methyl sites for hydroxylation is 2. The molecular formula is C36H41NO. The minimum atomic E-state index is 0. The summed E-state index contributed by atoms with van der Waals surface area (Å²) in [4.78, 5) is 2.43. The summed E-state index contributed by atoms with van der Waals surface area (Å²) < 4.78 is 6.14. The molecule has 0 radical (unpaired) electrons. The molecule has 1 heterocycles. The first-order chi connectivity index (χ1) is 18.7. The van der Waals surface area contributed by atoms with Crippen LogP contribution in [0.5, 0.6) is 5.75 Å². The van der Waals surface area contributed by atoms with Crippen LogP contribution in [0.15, 0.2) is 90.7 Å². The van der Waals surface area contributed by atoms with E-state index >= 15 is 0 Å². The summed E-state index contributed by atoms with van der Waals surface area (Å²) in [5, 5.41) is 0. The molecule has 3 aliphatic carbocycles. The average Bonchev–Trinajstić information content (AvgIpc) is 3.73. The normalized spacial score (nSPS) is 21.3. The smallest absolute Gasteiger partial charge is 0.161 e. The largest absolute Gasteiger partial charge is 0.473 e. The van der Waals surface area contributed by atoms with E-state index in [9.17, 15) is 0 Å². The van der Waals surface area contributed by atoms with Gasteiger partial charge in [-0.2, -0.15) is 0 Å². The van der Waals surface area contributed by atoms with Gasteiger partial charge in [-0.05, 0) is 79.5 Å². The second kappa shape index (κ2) is 11.0. The summed E-state index contributed by atoms with van der Waals surface area (Å²) in [5.74, 6) is 9.56. The average molecular weight is 504 g/mol. The van der Waals surface area contributed by atoms with E-state index < -0.39 is 0 Å². The highest BCUT2D eigenvalue weighted by atomic mass is 16.5. The third kappa shape index (κ3) is 5.44. The quantitative estimate of drug-likeness (QED) is 0.332. The maximum atomic E-state index is 6.14. The van der Waals surface area contributed by atoms with Crippen molar-refractivity contribution in [3.63, 3.8) is 0 Å². The highest BCUT2D eigenvalue weighted by Crippen LogP contribution is 2.49. The van der Waals surface area contributed by atoms with Gasteiger partial charge in [0.15, 0.2) is 6.73 Å². The topological polar surface area (TPSA) is 12.5 Å². The summed E-state index contributed by atoms with van der Waals surface area (Å²) in [6.45, 7) is 6.01. The molecule has 2 unspecified atom stereocenters. The van der Waals surface area contributed by atoms with E-state index in [-0.39, 0.29) is 2.85 Å². The zero-order valence-corrected chi connectivity index (χ0v) is 22.6. The van der Waals surface area contributed by atoms with E-state index in [4.69, 9.17) is 4.74 Å². The predicted octanol–water partition coefficient (Wildman–Crippen LogP) is 8.65. The highest BCUT2D eigenvalue weighted by molar-refractivity contribution is 5.48. The van der Waals surface area contributed by atoms with Crippen molar-refractivity contribution in [2.45, 2.75) is 58.4 Å². The van der Waals surface area contributed by atoms with Gasteiger partial charge in [-0.15, -0.1) is 0 Å². The van der Waals surface area contributed by atoms with Crippen molar-refractivity contribution in [3.8, 4) is 17.6 Å². The molecule has 1 aliphatic heterocycles. The second-order valence-electron chi connectivity index (χ2n) is 11.1. The van der Waals surface area contributed by atoms with Crippen LogP contribution in [0.1, 0.15) is 74.8 Å². The molecular weight excluding hydrogens is 462 g/mol. The van der Waals surface area contributed by atoms with E-state index in [0.29, 0.717) is 18.6 Å². The zero-order chi connectivity index (χ0) is 25.9. The maximum Gasteiger partial charge on any atom is 0.161 e. The molecule has 0 bridgehead atoms. The molecule has 0 spiro atoms. The fraction of sp³-hybridized carbons (Fsp3) is 0.333. The lowest BCUT2D eigenvalue weighted by Gasteiger charge is -2.34. The van der Waals surface area contributed by atoms with Crippen LogP contribution in [0.3, 0.4) is 0 Å². The Morgan fingerprint density at radius 1 is 0.974 bits per heavy atom. The number of nitrogens with zero attached hydrogens (tertiary/aromatic N) is 1. The molecule has 0 aromatic heterocycles. The molecule has 1 fully saturated rings. The second-order valence-corrected chi connectivity index (χ2v) is 11.1. The molecule has 4 aliphatic rings. The number of ether oxygens (including phenoxy) is 1. The molecule has 1 saturated carbocycles. The Balaban J connectivity index is 0.000000362. The standard InChI is InChI=1S/C29H29NO.C7H8.2H2/c1-20(22-12-11-21-7-4-2-3-5-8-24(21)15-22)23-13-14-29-26(16-23)18-30(19-31-29)28-10-6-9-25-17-27(25)28;1-7-5-3-2-4-6-7;;/h6,9-16,20,25,27H,2-3,5,8,17-19H2,1H3;2-6H,1H3;2*1H/t20?,25?,27-;;;/m0.../s1. The van der Waals surface area contributed by atoms with Crippen LogP contribution in [0, 0.1) is 30.6 Å². The SMILES string of the molecule is CC(c1ccc2c(c1)CCCCC#C2)c1ccc2c(c1)CN(C1=CC=CC3C[C@H]13)CO2.Cc1ccccc1.[HH].[HH]. The van der Waals surface area contributed by atoms with Crippen molar-refractivity contribution < 1.29 is 7.59 Å². The molecule has 196 valence electrons. The Morgan fingerprint density at radius 3 is 2.61 bits per heavy atom. The summed E-state index contributed by atoms with van der Waals surface area (Å²) >= 11 is 0. The summed E-state index contributed by atoms with van der Waals surface area (Å²) in [5.41, 5.74) is 9.47. The first-order valence-electron chi connectivity index (χ1n) is 14.2. The lowest BCUT2D eigenvalue weighted by atomic mass is 9.88. The maximum absolute atomic E-state index is 6.14. The van der Waals surface area contributed by atoms with Gasteiger partial charge in [-0.1, -0.05) is 85.0 Å². The summed E-state index contributed by atoms with van der Waals surface area (Å²) in [6.07, 6.45) is 12.8. The molecule has 3 atom stereocenters. The first-order valence-corrected chi connectivity index (χ1v) is 14.2. The minimum Gasteiger partial charge on any atom is -0.473 e. The molecule has 38 heavy (non-hydrogen) atoms. The van der Waals surface area contributed by atoms with Gasteiger partial charge in [0.25, 0.3) is 0 Å². The van der Waals surface area contributed by atoms with Crippen molar-refractivity contribution in [3.05, 3.63) is 124 Å². The van der Waals surface area contributed by atoms with Gasteiger partial charge in [0.05, 0.1) is 0 Å². The number of fused-ring (bicyclic) bond motifs is 3. The molecule has 0 amide bonds. The fourth-order valence-corrected chi connectivity index (χ4v) is 5.85. The third-order valence-electron chi connectivity index (χ3n) is 8.32. The highest BCUT2D eigenvalue weighted by Gasteiger charge is 2.42. The summed E-state index contributed by atoms with van der Waals surface area (Å²) in [6, 6.07) is 24.0. The lowest BCUT2D eigenvalue weighted by Crippen LogP contribution is -2.32. The molecule has 2 nitrogen and oxygen atoms in total. The van der Waals surface area contributed by atoms with Gasteiger partial charge in [-0.25, -0.2) is 0 Å². The molecule has 0 saturated heterocycles. The number of benzene rings is 3. The lowest BCUT2D eigenvalue weighted by molar-refractivity contribution is 0.121. The molecule has 3 aromatic carbocycles. The minimum absolute atomic E-state index is 0. The number of hydrogen-bond donors (Lipinski definition) is 0. The van der Waals surface area contributed by atoms with Gasteiger partial charge in [0.2, 0.25) is 0 Å². The predicted molar refractivity (Wildman–Crippen MR) is 160 cm³/mol. The van der Waals surface area contributed by atoms with E-state index in [0.717, 1.165) is 31.1 Å². The van der Waals surface area contributed by atoms with Crippen LogP contribution in [0.2, 0.25) is 0 Å². The fourth-order valence-electron chi connectivity index (χ4n) is 5.85. The molecule has 7 rings (SSSR count). The van der Waals surface area contributed by atoms with Gasteiger partial charge in [-0.3, -0.25) is 0 Å². The van der Waals surface area contributed by atoms with Gasteiger partial charge in [0.1, 0.15) is 5.75 Å². The zero-order valence-electron chi connectivity index (χ0n) is 22.6. The molecule has 3 aromatic rings. The Bertz CT molecular complexity index is 1430. The van der Waals surface area contributed by atoms with Crippen molar-refractivity contribution >= 4 is 0 Å². The van der Waals surface area contributed by atoms with Gasteiger partial charge >= 0.3 is 0 Å². The van der Waals surface area contributed by atoms with Crippen molar-refractivity contribution in [2.75, 3.05) is 6.73 Å². The van der Waals surface area contributed by atoms with Crippen LogP contribution in [-0.2, 0) is 13.0 Å².